The predicted molar refractivity (Wildman–Crippen MR) is 34.7 cm³/mol. The van der Waals surface area contributed by atoms with E-state index in [-0.39, 0.29) is 12.0 Å². The summed E-state index contributed by atoms with van der Waals surface area (Å²) in [4.78, 5) is 10.1. The zero-order chi connectivity index (χ0) is 9.30. The van der Waals surface area contributed by atoms with Crippen LogP contribution in [0.25, 0.3) is 0 Å². The molecule has 0 aromatic carbocycles. The van der Waals surface area contributed by atoms with Gasteiger partial charge in [-0.25, -0.2) is 18.0 Å². The molecule has 0 fully saturated rings. The number of carboxylic acids is 1. The quantitative estimate of drug-likeness (QED) is 0.716. The largest absolute Gasteiger partial charge is 0.478 e. The van der Waals surface area contributed by atoms with E-state index in [9.17, 15) is 18.0 Å². The lowest BCUT2D eigenvalue weighted by molar-refractivity contribution is -0.133. The number of alkyl halides is 3. The topological polar surface area (TPSA) is 37.3 Å². The lowest BCUT2D eigenvalue weighted by Crippen LogP contribution is -2.29. The molecule has 1 aliphatic carbocycles. The van der Waals surface area contributed by atoms with Crippen molar-refractivity contribution >= 4 is 5.97 Å². The SMILES string of the molecule is O=C(O)C1=CC(C(F)C(F)F)C1. The zero-order valence-corrected chi connectivity index (χ0v) is 6.01. The van der Waals surface area contributed by atoms with Gasteiger partial charge in [0.1, 0.15) is 0 Å². The van der Waals surface area contributed by atoms with Gasteiger partial charge in [-0.2, -0.15) is 0 Å². The molecule has 0 spiro atoms. The summed E-state index contributed by atoms with van der Waals surface area (Å²) in [5.74, 6) is -2.08. The highest BCUT2D eigenvalue weighted by atomic mass is 19.3. The van der Waals surface area contributed by atoms with Crippen LogP contribution in [0.4, 0.5) is 13.2 Å². The van der Waals surface area contributed by atoms with Crippen molar-refractivity contribution in [2.75, 3.05) is 0 Å². The molecule has 0 heterocycles. The minimum atomic E-state index is -3.03. The number of allylic oxidation sites excluding steroid dienone is 1. The molecule has 5 heteroatoms. The number of hydrogen-bond acceptors (Lipinski definition) is 1. The molecule has 0 saturated heterocycles. The lowest BCUT2D eigenvalue weighted by Gasteiger charge is -2.25. The predicted octanol–water partition coefficient (Wildman–Crippen LogP) is 1.62. The van der Waals surface area contributed by atoms with Crippen molar-refractivity contribution in [3.05, 3.63) is 11.6 Å². The van der Waals surface area contributed by atoms with Gasteiger partial charge in [-0.05, 0) is 6.42 Å². The summed E-state index contributed by atoms with van der Waals surface area (Å²) in [6.07, 6.45) is -4.31. The van der Waals surface area contributed by atoms with Crippen molar-refractivity contribution in [1.82, 2.24) is 0 Å². The van der Waals surface area contributed by atoms with Gasteiger partial charge in [0.15, 0.2) is 6.17 Å². The van der Waals surface area contributed by atoms with Crippen molar-refractivity contribution in [2.45, 2.75) is 19.0 Å². The van der Waals surface area contributed by atoms with Gasteiger partial charge in [0, 0.05) is 11.5 Å². The normalized spacial score (nSPS) is 24.7. The Labute approximate surface area is 66.7 Å². The fraction of sp³-hybridized carbons (Fsp3) is 0.571. The molecule has 2 atom stereocenters. The van der Waals surface area contributed by atoms with Gasteiger partial charge < -0.3 is 5.11 Å². The molecule has 0 aromatic rings. The number of carboxylic acid groups (broad SMARTS) is 1. The second kappa shape index (κ2) is 3.16. The standard InChI is InChI=1S/C7H7F3O2/c8-5(6(9)10)3-1-4(2-3)7(11)12/h1,3,5-6H,2H2,(H,11,12). The second-order valence-corrected chi connectivity index (χ2v) is 2.64. The van der Waals surface area contributed by atoms with Gasteiger partial charge in [-0.15, -0.1) is 0 Å². The molecule has 12 heavy (non-hydrogen) atoms. The van der Waals surface area contributed by atoms with Crippen LogP contribution in [0.15, 0.2) is 11.6 Å². The molecular formula is C7H7F3O2. The molecule has 0 bridgehead atoms. The summed E-state index contributed by atoms with van der Waals surface area (Å²) in [5.41, 5.74) is 0.0169. The third-order valence-corrected chi connectivity index (χ3v) is 1.80. The monoisotopic (exact) mass is 180 g/mol. The summed E-state index contributed by atoms with van der Waals surface area (Å²) < 4.78 is 35.8. The van der Waals surface area contributed by atoms with Crippen molar-refractivity contribution in [2.24, 2.45) is 5.92 Å². The Morgan fingerprint density at radius 3 is 2.42 bits per heavy atom. The minimum absolute atomic E-state index is 0.0169. The Kier molecular flexibility index (Phi) is 2.40. The maximum Gasteiger partial charge on any atom is 0.331 e. The van der Waals surface area contributed by atoms with Crippen LogP contribution in [-0.2, 0) is 4.79 Å². The highest BCUT2D eigenvalue weighted by Gasteiger charge is 2.35. The van der Waals surface area contributed by atoms with Crippen molar-refractivity contribution in [1.29, 1.82) is 0 Å². The Bertz CT molecular complexity index is 225. The molecule has 2 unspecified atom stereocenters. The molecule has 0 aromatic heterocycles. The molecule has 68 valence electrons. The van der Waals surface area contributed by atoms with Crippen molar-refractivity contribution < 1.29 is 23.1 Å². The molecule has 0 amide bonds. The first-order valence-electron chi connectivity index (χ1n) is 3.38. The van der Waals surface area contributed by atoms with Crippen LogP contribution in [0.1, 0.15) is 6.42 Å². The summed E-state index contributed by atoms with van der Waals surface area (Å²) in [5, 5.41) is 8.29. The van der Waals surface area contributed by atoms with Crippen LogP contribution in [-0.4, -0.2) is 23.7 Å². The van der Waals surface area contributed by atoms with Gasteiger partial charge >= 0.3 is 5.97 Å². The van der Waals surface area contributed by atoms with Gasteiger partial charge in [0.05, 0.1) is 0 Å². The fourth-order valence-corrected chi connectivity index (χ4v) is 1.03. The van der Waals surface area contributed by atoms with Gasteiger partial charge in [0.2, 0.25) is 0 Å². The van der Waals surface area contributed by atoms with E-state index in [4.69, 9.17) is 5.11 Å². The van der Waals surface area contributed by atoms with Crippen LogP contribution in [0.2, 0.25) is 0 Å². The summed E-state index contributed by atoms with van der Waals surface area (Å²) >= 11 is 0. The van der Waals surface area contributed by atoms with E-state index in [1.54, 1.807) is 0 Å². The van der Waals surface area contributed by atoms with Gasteiger partial charge in [-0.3, -0.25) is 0 Å². The first kappa shape index (κ1) is 9.09. The highest BCUT2D eigenvalue weighted by Crippen LogP contribution is 2.32. The van der Waals surface area contributed by atoms with E-state index >= 15 is 0 Å². The Balaban J connectivity index is 2.48. The molecule has 0 aliphatic heterocycles. The highest BCUT2D eigenvalue weighted by molar-refractivity contribution is 5.88. The smallest absolute Gasteiger partial charge is 0.331 e. The maximum absolute atomic E-state index is 12.4. The molecule has 1 aliphatic rings. The third-order valence-electron chi connectivity index (χ3n) is 1.80. The summed E-state index contributed by atoms with van der Waals surface area (Å²) in [7, 11) is 0. The van der Waals surface area contributed by atoms with Crippen LogP contribution < -0.4 is 0 Å². The van der Waals surface area contributed by atoms with Crippen molar-refractivity contribution in [3.63, 3.8) is 0 Å². The molecule has 0 radical (unpaired) electrons. The average molecular weight is 180 g/mol. The molecule has 2 nitrogen and oxygen atoms in total. The zero-order valence-electron chi connectivity index (χ0n) is 6.01. The number of rotatable bonds is 3. The summed E-state index contributed by atoms with van der Waals surface area (Å²) in [6.45, 7) is 0. The first-order valence-corrected chi connectivity index (χ1v) is 3.38. The van der Waals surface area contributed by atoms with E-state index in [1.165, 1.54) is 0 Å². The third kappa shape index (κ3) is 1.60. The molecular weight excluding hydrogens is 173 g/mol. The second-order valence-electron chi connectivity index (χ2n) is 2.64. The van der Waals surface area contributed by atoms with E-state index in [0.29, 0.717) is 0 Å². The maximum atomic E-state index is 12.4. The van der Waals surface area contributed by atoms with Gasteiger partial charge in [0.25, 0.3) is 6.43 Å². The molecule has 1 N–H and O–H groups in total. The summed E-state index contributed by atoms with van der Waals surface area (Å²) in [6, 6.07) is 0. The van der Waals surface area contributed by atoms with E-state index in [1.807, 2.05) is 0 Å². The van der Waals surface area contributed by atoms with Crippen molar-refractivity contribution in [3.8, 4) is 0 Å². The first-order chi connectivity index (χ1) is 5.52. The van der Waals surface area contributed by atoms with Crippen LogP contribution in [0.5, 0.6) is 0 Å². The average Bonchev–Trinajstić information content (AvgIpc) is 1.82. The van der Waals surface area contributed by atoms with E-state index in [0.717, 1.165) is 6.08 Å². The van der Waals surface area contributed by atoms with E-state index in [2.05, 4.69) is 0 Å². The molecule has 0 saturated carbocycles. The number of halogens is 3. The number of hydrogen-bond donors (Lipinski definition) is 1. The van der Waals surface area contributed by atoms with Crippen LogP contribution >= 0.6 is 0 Å². The Hall–Kier alpha value is -1.00. The van der Waals surface area contributed by atoms with Crippen LogP contribution in [0, 0.1) is 5.92 Å². The molecule has 1 rings (SSSR count). The number of aliphatic carboxylic acids is 1. The van der Waals surface area contributed by atoms with Gasteiger partial charge in [-0.1, -0.05) is 6.08 Å². The Morgan fingerprint density at radius 2 is 2.08 bits per heavy atom. The number of carbonyl (C=O) groups is 1. The fourth-order valence-electron chi connectivity index (χ4n) is 1.03. The lowest BCUT2D eigenvalue weighted by atomic mass is 9.83. The Morgan fingerprint density at radius 1 is 1.58 bits per heavy atom. The van der Waals surface area contributed by atoms with E-state index < -0.39 is 24.5 Å². The minimum Gasteiger partial charge on any atom is -0.478 e. The van der Waals surface area contributed by atoms with Crippen LogP contribution in [0.3, 0.4) is 0 Å².